The lowest BCUT2D eigenvalue weighted by Gasteiger charge is -2.27. The van der Waals surface area contributed by atoms with Crippen molar-refractivity contribution in [3.63, 3.8) is 0 Å². The van der Waals surface area contributed by atoms with Gasteiger partial charge in [-0.1, -0.05) is 133 Å². The van der Waals surface area contributed by atoms with Gasteiger partial charge in [-0.05, 0) is 126 Å². The lowest BCUT2D eigenvalue weighted by Crippen LogP contribution is -2.11. The van der Waals surface area contributed by atoms with Crippen LogP contribution >= 0.6 is 0 Å². The molecule has 0 spiro atoms. The molecule has 0 saturated heterocycles. The molecule has 3 heterocycles. The largest absolute Gasteiger partial charge is 0.308 e. The highest BCUT2D eigenvalue weighted by molar-refractivity contribution is 6.29. The minimum atomic E-state index is 0.870. The Morgan fingerprint density at radius 3 is 1.66 bits per heavy atom. The normalized spacial score (nSPS) is 11.7. The maximum Gasteiger partial charge on any atom is 0.0985 e. The molecule has 0 aliphatic heterocycles. The Morgan fingerprint density at radius 2 is 0.932 bits per heavy atom. The molecule has 0 unspecified atom stereocenters. The van der Waals surface area contributed by atoms with E-state index in [2.05, 4.69) is 174 Å². The number of aromatic nitrogens is 3. The van der Waals surface area contributed by atoms with Gasteiger partial charge in [0.15, 0.2) is 0 Å². The molecule has 274 valence electrons. The number of benzene rings is 8. The van der Waals surface area contributed by atoms with E-state index in [-0.39, 0.29) is 0 Å². The second-order valence-electron chi connectivity index (χ2n) is 15.1. The lowest BCUT2D eigenvalue weighted by molar-refractivity contribution is 1.24. The Hall–Kier alpha value is -7.95. The van der Waals surface area contributed by atoms with Crippen molar-refractivity contribution in [1.82, 2.24) is 15.0 Å². The fourth-order valence-electron chi connectivity index (χ4n) is 9.53. The van der Waals surface area contributed by atoms with Gasteiger partial charge in [-0.25, -0.2) is 0 Å². The molecule has 12 rings (SSSR count). The zero-order valence-corrected chi connectivity index (χ0v) is 31.9. The summed E-state index contributed by atoms with van der Waals surface area (Å²) in [4.78, 5) is 16.5. The van der Waals surface area contributed by atoms with Crippen molar-refractivity contribution < 1.29 is 0 Å². The van der Waals surface area contributed by atoms with Crippen molar-refractivity contribution in [2.75, 3.05) is 4.90 Å². The summed E-state index contributed by atoms with van der Waals surface area (Å²) in [5.74, 6) is 0. The van der Waals surface area contributed by atoms with Crippen LogP contribution in [0.25, 0.3) is 99.0 Å². The molecule has 0 N–H and O–H groups in total. The summed E-state index contributed by atoms with van der Waals surface area (Å²) < 4.78 is 0. The number of rotatable bonds is 6. The Morgan fingerprint density at radius 1 is 0.356 bits per heavy atom. The van der Waals surface area contributed by atoms with Crippen molar-refractivity contribution in [3.05, 3.63) is 207 Å². The van der Waals surface area contributed by atoms with E-state index >= 15 is 0 Å². The molecule has 0 atom stereocenters. The van der Waals surface area contributed by atoms with Crippen molar-refractivity contribution in [1.29, 1.82) is 0 Å². The van der Waals surface area contributed by atoms with Gasteiger partial charge < -0.3 is 4.90 Å². The first kappa shape index (κ1) is 33.2. The maximum absolute atomic E-state index is 4.84. The summed E-state index contributed by atoms with van der Waals surface area (Å²) in [7, 11) is 0. The monoisotopic (exact) mass is 750 g/mol. The highest BCUT2D eigenvalue weighted by Crippen LogP contribution is 2.58. The Kier molecular flexibility index (Phi) is 7.50. The van der Waals surface area contributed by atoms with Gasteiger partial charge in [0.1, 0.15) is 0 Å². The van der Waals surface area contributed by atoms with E-state index in [0.29, 0.717) is 0 Å². The molecule has 4 heteroatoms. The zero-order chi connectivity index (χ0) is 38.9. The summed E-state index contributed by atoms with van der Waals surface area (Å²) in [6, 6.07) is 65.8. The molecule has 1 aliphatic rings. The Labute approximate surface area is 341 Å². The highest BCUT2D eigenvalue weighted by Gasteiger charge is 2.31. The first-order valence-electron chi connectivity index (χ1n) is 20.0. The third kappa shape index (κ3) is 5.13. The van der Waals surface area contributed by atoms with Gasteiger partial charge in [0.2, 0.25) is 0 Å². The molecule has 0 saturated carbocycles. The molecule has 8 aromatic carbocycles. The lowest BCUT2D eigenvalue weighted by atomic mass is 9.82. The van der Waals surface area contributed by atoms with E-state index in [4.69, 9.17) is 9.97 Å². The molecule has 0 radical (unpaired) electrons. The van der Waals surface area contributed by atoms with Gasteiger partial charge in [0.05, 0.1) is 28.6 Å². The molecule has 1 aliphatic carbocycles. The van der Waals surface area contributed by atoms with Crippen molar-refractivity contribution >= 4 is 60.4 Å². The van der Waals surface area contributed by atoms with Crippen LogP contribution in [0.3, 0.4) is 0 Å². The van der Waals surface area contributed by atoms with Gasteiger partial charge in [-0.3, -0.25) is 15.0 Å². The first-order valence-corrected chi connectivity index (χ1v) is 20.0. The molecule has 0 fully saturated rings. The number of fused-ring (bicyclic) bond motifs is 7. The van der Waals surface area contributed by atoms with Crippen LogP contribution in [0.15, 0.2) is 207 Å². The number of pyridine rings is 3. The molecule has 59 heavy (non-hydrogen) atoms. The summed E-state index contributed by atoms with van der Waals surface area (Å²) in [6.45, 7) is 0. The summed E-state index contributed by atoms with van der Waals surface area (Å²) in [6.07, 6.45) is 7.43. The van der Waals surface area contributed by atoms with E-state index < -0.39 is 0 Å². The standard InChI is InChI=1S/C55H34N4/c1-3-14-35(15-4-1)49-43-22-7-8-23-44(43)50(36-16-5-2-6-17-36)53-47-28-27-41(42-24-10-25-46(51(42)47)52(49)53)37-18-9-20-39(32-37)59(40-21-12-29-56-34-40)48-33-38-19-11-30-57-54(38)55-45(48)26-13-31-58-55/h1-34H. The second-order valence-corrected chi connectivity index (χ2v) is 15.1. The SMILES string of the molecule is c1ccc(-c2c3c(c(-c4ccccc4)c4ccccc24)-c2ccc(-c4cccc(N(c5cccnc5)c5cc6cccnc6c6ncccc56)c4)c4cccc-3c24)cc1. The van der Waals surface area contributed by atoms with E-state index in [9.17, 15) is 0 Å². The number of nitrogens with zero attached hydrogens (tertiary/aromatic N) is 4. The average Bonchev–Trinajstić information content (AvgIpc) is 3.64. The zero-order valence-electron chi connectivity index (χ0n) is 31.9. The van der Waals surface area contributed by atoms with E-state index in [1.807, 2.05) is 43.0 Å². The minimum absolute atomic E-state index is 0.870. The number of hydrogen-bond donors (Lipinski definition) is 0. The van der Waals surface area contributed by atoms with Gasteiger partial charge in [0, 0.05) is 35.1 Å². The predicted molar refractivity (Wildman–Crippen MR) is 245 cm³/mol. The van der Waals surface area contributed by atoms with Crippen LogP contribution in [-0.4, -0.2) is 15.0 Å². The first-order chi connectivity index (χ1) is 29.3. The van der Waals surface area contributed by atoms with E-state index in [1.54, 1.807) is 0 Å². The van der Waals surface area contributed by atoms with Crippen molar-refractivity contribution in [2.45, 2.75) is 0 Å². The van der Waals surface area contributed by atoms with Crippen LogP contribution in [-0.2, 0) is 0 Å². The summed E-state index contributed by atoms with van der Waals surface area (Å²) in [5, 5.41) is 7.09. The van der Waals surface area contributed by atoms with Gasteiger partial charge in [-0.15, -0.1) is 0 Å². The molecule has 0 amide bonds. The van der Waals surface area contributed by atoms with E-state index in [0.717, 1.165) is 44.4 Å². The van der Waals surface area contributed by atoms with Crippen LogP contribution in [0.4, 0.5) is 17.1 Å². The van der Waals surface area contributed by atoms with Crippen LogP contribution < -0.4 is 4.90 Å². The third-order valence-electron chi connectivity index (χ3n) is 11.9. The van der Waals surface area contributed by atoms with Crippen LogP contribution in [0, 0.1) is 0 Å². The summed E-state index contributed by atoms with van der Waals surface area (Å²) >= 11 is 0. The predicted octanol–water partition coefficient (Wildman–Crippen LogP) is 14.6. The van der Waals surface area contributed by atoms with Crippen molar-refractivity contribution in [3.8, 4) is 55.6 Å². The molecule has 11 aromatic rings. The second kappa shape index (κ2) is 13.3. The smallest absolute Gasteiger partial charge is 0.0985 e. The molecule has 3 aromatic heterocycles. The third-order valence-corrected chi connectivity index (χ3v) is 11.9. The fraction of sp³-hybridized carbons (Fsp3) is 0. The van der Waals surface area contributed by atoms with Crippen molar-refractivity contribution in [2.24, 2.45) is 0 Å². The van der Waals surface area contributed by atoms with Gasteiger partial charge in [0.25, 0.3) is 0 Å². The number of anilines is 3. The minimum Gasteiger partial charge on any atom is -0.308 e. The van der Waals surface area contributed by atoms with Crippen LogP contribution in [0.1, 0.15) is 0 Å². The molecule has 0 bridgehead atoms. The molecular weight excluding hydrogens is 717 g/mol. The quantitative estimate of drug-likeness (QED) is 0.159. The summed E-state index contributed by atoms with van der Waals surface area (Å²) in [5.41, 5.74) is 17.2. The van der Waals surface area contributed by atoms with Crippen LogP contribution in [0.2, 0.25) is 0 Å². The Balaban J connectivity index is 1.10. The topological polar surface area (TPSA) is 41.9 Å². The molecular formula is C55H34N4. The van der Waals surface area contributed by atoms with Gasteiger partial charge in [-0.2, -0.15) is 0 Å². The molecule has 4 nitrogen and oxygen atoms in total. The fourth-order valence-corrected chi connectivity index (χ4v) is 9.53. The van der Waals surface area contributed by atoms with Gasteiger partial charge >= 0.3 is 0 Å². The van der Waals surface area contributed by atoms with E-state index in [1.165, 1.54) is 71.6 Å². The van der Waals surface area contributed by atoms with Crippen LogP contribution in [0.5, 0.6) is 0 Å². The number of hydrogen-bond acceptors (Lipinski definition) is 4. The highest BCUT2D eigenvalue weighted by atomic mass is 15.1. The Bertz CT molecular complexity index is 3340. The average molecular weight is 751 g/mol. The maximum atomic E-state index is 4.84.